The molecule has 1 saturated heterocycles. The van der Waals surface area contributed by atoms with Crippen LogP contribution < -0.4 is 10.1 Å². The summed E-state index contributed by atoms with van der Waals surface area (Å²) in [6, 6.07) is 18.1. The number of amides is 1. The van der Waals surface area contributed by atoms with Gasteiger partial charge in [-0.3, -0.25) is 9.59 Å². The molecule has 0 spiro atoms. The predicted molar refractivity (Wildman–Crippen MR) is 154 cm³/mol. The van der Waals surface area contributed by atoms with Gasteiger partial charge in [-0.25, -0.2) is 0 Å². The van der Waals surface area contributed by atoms with Crippen LogP contribution in [-0.4, -0.2) is 59.8 Å². The number of carbonyl (C=O) groups is 2. The van der Waals surface area contributed by atoms with E-state index in [0.717, 1.165) is 61.7 Å². The number of esters is 1. The fourth-order valence-corrected chi connectivity index (χ4v) is 6.98. The first kappa shape index (κ1) is 29.0. The quantitative estimate of drug-likeness (QED) is 0.139. The second kappa shape index (κ2) is 12.5. The second-order valence-electron chi connectivity index (χ2n) is 12.0. The number of hydrogen-bond acceptors (Lipinski definition) is 4. The van der Waals surface area contributed by atoms with Crippen molar-refractivity contribution in [2.75, 3.05) is 26.7 Å². The first-order chi connectivity index (χ1) is 18.7. The van der Waals surface area contributed by atoms with Crippen LogP contribution in [0.3, 0.4) is 0 Å². The van der Waals surface area contributed by atoms with Crippen LogP contribution in [0.2, 0.25) is 0 Å². The second-order valence-corrected chi connectivity index (χ2v) is 12.0. The molecule has 0 aromatic heterocycles. The highest BCUT2D eigenvalue weighted by Crippen LogP contribution is 2.53. The van der Waals surface area contributed by atoms with Crippen molar-refractivity contribution in [2.45, 2.75) is 81.8 Å². The number of benzene rings is 2. The van der Waals surface area contributed by atoms with Crippen molar-refractivity contribution >= 4 is 11.9 Å². The zero-order valence-corrected chi connectivity index (χ0v) is 23.7. The lowest BCUT2D eigenvalue weighted by atomic mass is 9.55. The van der Waals surface area contributed by atoms with Gasteiger partial charge in [-0.05, 0) is 67.9 Å². The molecule has 1 heterocycles. The Balaban J connectivity index is 1.44. The van der Waals surface area contributed by atoms with Crippen molar-refractivity contribution in [1.29, 1.82) is 0 Å². The molecule has 210 valence electrons. The molecule has 4 rings (SSSR count). The Labute approximate surface area is 233 Å². The highest BCUT2D eigenvalue weighted by atomic mass is 16.5. The van der Waals surface area contributed by atoms with Crippen LogP contribution in [0.5, 0.6) is 5.75 Å². The first-order valence-electron chi connectivity index (χ1n) is 14.5. The summed E-state index contributed by atoms with van der Waals surface area (Å²) in [6.45, 7) is 7.66. The summed E-state index contributed by atoms with van der Waals surface area (Å²) in [7, 11) is 2.19. The third-order valence-corrected chi connectivity index (χ3v) is 8.91. The number of nitrogens with one attached hydrogen (secondary N) is 1. The Hall–Kier alpha value is -2.96. The molecule has 2 fully saturated rings. The number of quaternary nitrogens is 1. The molecule has 39 heavy (non-hydrogen) atoms. The molecule has 6 nitrogen and oxygen atoms in total. The van der Waals surface area contributed by atoms with Gasteiger partial charge in [0.25, 0.3) is 0 Å². The van der Waals surface area contributed by atoms with E-state index in [-0.39, 0.29) is 17.9 Å². The van der Waals surface area contributed by atoms with Crippen LogP contribution >= 0.6 is 0 Å². The standard InChI is InChI=1S/C33H44N2O4/c1-4-21-35(3)22-20-32(28-15-11-16-30(23-28)39-26(2)36)24-29(18-19-33(32,38)25-35)34-31(37)17-10-6-9-14-27-12-7-5-8-13-27/h4-5,7-8,11-13,15-16,23,29,38H,1,6,9-10,14,17-22,24-25H2,2-3H3/p+1/t29-,32-,33?,35-/m0/s1. The fourth-order valence-electron chi connectivity index (χ4n) is 6.98. The van der Waals surface area contributed by atoms with Crippen molar-refractivity contribution in [3.05, 3.63) is 78.4 Å². The number of carbonyl (C=O) groups excluding carboxylic acids is 2. The number of hydrogen-bond donors (Lipinski definition) is 2. The molecule has 1 unspecified atom stereocenters. The van der Waals surface area contributed by atoms with E-state index in [9.17, 15) is 14.7 Å². The minimum Gasteiger partial charge on any atom is -0.427 e. The smallest absolute Gasteiger partial charge is 0.308 e. The molecular formula is C33H45N2O4+. The maximum absolute atomic E-state index is 12.9. The molecule has 2 aromatic rings. The Bertz CT molecular complexity index is 1150. The SMILES string of the molecule is C=CC[N@@+]1(C)CC[C@@]2(c3cccc(OC(C)=O)c3)C[C@@H](NC(=O)CCCCCc3ccccc3)CCC2(O)C1. The number of unbranched alkanes of at least 4 members (excludes halogenated alkanes) is 2. The number of aryl methyl sites for hydroxylation is 1. The van der Waals surface area contributed by atoms with Gasteiger partial charge in [0.15, 0.2) is 0 Å². The van der Waals surface area contributed by atoms with Gasteiger partial charge in [-0.15, -0.1) is 0 Å². The van der Waals surface area contributed by atoms with Gasteiger partial charge in [0.2, 0.25) is 5.91 Å². The van der Waals surface area contributed by atoms with Gasteiger partial charge in [0.1, 0.15) is 17.9 Å². The maximum atomic E-state index is 12.9. The number of piperidine rings is 1. The predicted octanol–water partition coefficient (Wildman–Crippen LogP) is 5.09. The molecule has 1 amide bonds. The summed E-state index contributed by atoms with van der Waals surface area (Å²) in [6.07, 6.45) is 9.29. The zero-order chi connectivity index (χ0) is 27.9. The monoisotopic (exact) mass is 533 g/mol. The average molecular weight is 534 g/mol. The summed E-state index contributed by atoms with van der Waals surface area (Å²) in [4.78, 5) is 24.6. The van der Waals surface area contributed by atoms with Gasteiger partial charge in [0.05, 0.1) is 20.1 Å². The van der Waals surface area contributed by atoms with Crippen LogP contribution in [0, 0.1) is 0 Å². The Kier molecular flexibility index (Phi) is 9.29. The maximum Gasteiger partial charge on any atom is 0.308 e. The Morgan fingerprint density at radius 3 is 2.67 bits per heavy atom. The third kappa shape index (κ3) is 6.98. The normalized spacial score (nSPS) is 28.2. The minimum atomic E-state index is -0.934. The fraction of sp³-hybridized carbons (Fsp3) is 0.515. The van der Waals surface area contributed by atoms with E-state index in [1.54, 1.807) is 6.07 Å². The molecule has 1 aliphatic heterocycles. The number of fused-ring (bicyclic) bond motifs is 1. The van der Waals surface area contributed by atoms with Crippen LogP contribution in [-0.2, 0) is 21.4 Å². The van der Waals surface area contributed by atoms with Crippen molar-refractivity contribution < 1.29 is 23.9 Å². The van der Waals surface area contributed by atoms with E-state index >= 15 is 0 Å². The zero-order valence-electron chi connectivity index (χ0n) is 23.7. The molecule has 1 saturated carbocycles. The lowest BCUT2D eigenvalue weighted by Crippen LogP contribution is -2.71. The molecule has 2 N–H and O–H groups in total. The van der Waals surface area contributed by atoms with E-state index in [2.05, 4.69) is 43.2 Å². The number of ether oxygens (including phenoxy) is 1. The van der Waals surface area contributed by atoms with Crippen molar-refractivity contribution in [3.63, 3.8) is 0 Å². The van der Waals surface area contributed by atoms with E-state index in [0.29, 0.717) is 31.6 Å². The largest absolute Gasteiger partial charge is 0.427 e. The van der Waals surface area contributed by atoms with Gasteiger partial charge in [-0.2, -0.15) is 0 Å². The van der Waals surface area contributed by atoms with Crippen molar-refractivity contribution in [2.24, 2.45) is 0 Å². The molecule has 6 heteroatoms. The number of likely N-dealkylation sites (tertiary alicyclic amines) is 1. The molecule has 0 bridgehead atoms. The van der Waals surface area contributed by atoms with Gasteiger partial charge in [-0.1, -0.05) is 55.5 Å². The minimum absolute atomic E-state index is 0.00395. The van der Waals surface area contributed by atoms with E-state index in [1.165, 1.54) is 12.5 Å². The number of aliphatic hydroxyl groups is 1. The summed E-state index contributed by atoms with van der Waals surface area (Å²) < 4.78 is 6.15. The number of nitrogens with zero attached hydrogens (tertiary/aromatic N) is 1. The van der Waals surface area contributed by atoms with Crippen LogP contribution in [0.15, 0.2) is 67.3 Å². The van der Waals surface area contributed by atoms with Gasteiger partial charge >= 0.3 is 5.97 Å². The topological polar surface area (TPSA) is 75.6 Å². The van der Waals surface area contributed by atoms with Crippen LogP contribution in [0.1, 0.15) is 69.4 Å². The van der Waals surface area contributed by atoms with Gasteiger partial charge in [0, 0.05) is 31.2 Å². The Morgan fingerprint density at radius 2 is 1.92 bits per heavy atom. The molecule has 2 aromatic carbocycles. The summed E-state index contributed by atoms with van der Waals surface area (Å²) in [5.41, 5.74) is 0.855. The van der Waals surface area contributed by atoms with Gasteiger partial charge < -0.3 is 19.6 Å². The van der Waals surface area contributed by atoms with Crippen molar-refractivity contribution in [3.8, 4) is 5.75 Å². The van der Waals surface area contributed by atoms with E-state index < -0.39 is 11.0 Å². The van der Waals surface area contributed by atoms with Crippen LogP contribution in [0.4, 0.5) is 0 Å². The molecule has 4 atom stereocenters. The summed E-state index contributed by atoms with van der Waals surface area (Å²) >= 11 is 0. The van der Waals surface area contributed by atoms with E-state index in [4.69, 9.17) is 4.74 Å². The van der Waals surface area contributed by atoms with E-state index in [1.807, 2.05) is 30.3 Å². The molecular weight excluding hydrogens is 488 g/mol. The number of rotatable bonds is 11. The Morgan fingerprint density at radius 1 is 1.13 bits per heavy atom. The van der Waals surface area contributed by atoms with Crippen molar-refractivity contribution in [1.82, 2.24) is 5.32 Å². The molecule has 2 aliphatic rings. The van der Waals surface area contributed by atoms with Crippen LogP contribution in [0.25, 0.3) is 0 Å². The molecule has 0 radical (unpaired) electrons. The summed E-state index contributed by atoms with van der Waals surface area (Å²) in [5.74, 6) is 0.223. The highest BCUT2D eigenvalue weighted by Gasteiger charge is 2.61. The summed E-state index contributed by atoms with van der Waals surface area (Å²) in [5, 5.41) is 15.6. The first-order valence-corrected chi connectivity index (χ1v) is 14.5. The average Bonchev–Trinajstić information content (AvgIpc) is 2.89. The molecule has 1 aliphatic carbocycles. The highest BCUT2D eigenvalue weighted by molar-refractivity contribution is 5.76. The number of likely N-dealkylation sites (N-methyl/N-ethyl adjacent to an activating group) is 1. The third-order valence-electron chi connectivity index (χ3n) is 8.91. The lowest BCUT2D eigenvalue weighted by Gasteiger charge is -2.59. The lowest BCUT2D eigenvalue weighted by molar-refractivity contribution is -0.918.